The Morgan fingerprint density at radius 3 is 2.79 bits per heavy atom. The van der Waals surface area contributed by atoms with Crippen molar-refractivity contribution in [2.45, 2.75) is 20.3 Å². The standard InChI is InChI=1S/C14H14ClN3O/c1-3-11-7-10(8-12(15)17-11)14(19)18-13-6-4-5-9(2)16-13/h4-8H,3H2,1-2H3,(H,16,18,19). The van der Waals surface area contributed by atoms with Crippen LogP contribution in [0.15, 0.2) is 30.3 Å². The van der Waals surface area contributed by atoms with Gasteiger partial charge in [-0.25, -0.2) is 9.97 Å². The number of anilines is 1. The van der Waals surface area contributed by atoms with Gasteiger partial charge in [0, 0.05) is 17.0 Å². The number of carbonyl (C=O) groups excluding carboxylic acids is 1. The maximum absolute atomic E-state index is 12.1. The zero-order valence-electron chi connectivity index (χ0n) is 10.8. The zero-order valence-corrected chi connectivity index (χ0v) is 11.5. The van der Waals surface area contributed by atoms with Gasteiger partial charge in [0.2, 0.25) is 0 Å². The van der Waals surface area contributed by atoms with Gasteiger partial charge in [0.15, 0.2) is 0 Å². The van der Waals surface area contributed by atoms with Crippen LogP contribution in [0.3, 0.4) is 0 Å². The second kappa shape index (κ2) is 5.80. The third-order valence-electron chi connectivity index (χ3n) is 2.60. The van der Waals surface area contributed by atoms with Gasteiger partial charge in [-0.3, -0.25) is 4.79 Å². The molecule has 2 rings (SSSR count). The molecule has 1 N–H and O–H groups in total. The predicted octanol–water partition coefficient (Wildman–Crippen LogP) is 3.25. The summed E-state index contributed by atoms with van der Waals surface area (Å²) in [5, 5.41) is 3.06. The van der Waals surface area contributed by atoms with E-state index in [9.17, 15) is 4.79 Å². The number of nitrogens with zero attached hydrogens (tertiary/aromatic N) is 2. The summed E-state index contributed by atoms with van der Waals surface area (Å²) in [4.78, 5) is 20.5. The summed E-state index contributed by atoms with van der Waals surface area (Å²) in [6.07, 6.45) is 0.726. The summed E-state index contributed by atoms with van der Waals surface area (Å²) in [6, 6.07) is 8.74. The minimum absolute atomic E-state index is 0.239. The summed E-state index contributed by atoms with van der Waals surface area (Å²) in [7, 11) is 0. The first-order valence-corrected chi connectivity index (χ1v) is 6.37. The molecule has 0 bridgehead atoms. The molecule has 19 heavy (non-hydrogen) atoms. The first-order valence-electron chi connectivity index (χ1n) is 6.00. The monoisotopic (exact) mass is 275 g/mol. The number of aromatic nitrogens is 2. The normalized spacial score (nSPS) is 10.3. The fraction of sp³-hybridized carbons (Fsp3) is 0.214. The van der Waals surface area contributed by atoms with Gasteiger partial charge in [-0.15, -0.1) is 0 Å². The Bertz CT molecular complexity index is 613. The highest BCUT2D eigenvalue weighted by molar-refractivity contribution is 6.29. The lowest BCUT2D eigenvalue weighted by Gasteiger charge is -2.06. The molecule has 1 amide bonds. The highest BCUT2D eigenvalue weighted by atomic mass is 35.5. The van der Waals surface area contributed by atoms with Crippen molar-refractivity contribution in [1.29, 1.82) is 0 Å². The molecule has 0 aliphatic heterocycles. The molecule has 2 aromatic heterocycles. The number of nitrogens with one attached hydrogen (secondary N) is 1. The van der Waals surface area contributed by atoms with E-state index in [1.54, 1.807) is 18.2 Å². The van der Waals surface area contributed by atoms with E-state index < -0.39 is 0 Å². The number of halogens is 1. The fourth-order valence-corrected chi connectivity index (χ4v) is 1.89. The average molecular weight is 276 g/mol. The zero-order chi connectivity index (χ0) is 13.8. The van der Waals surface area contributed by atoms with Gasteiger partial charge in [0.05, 0.1) is 0 Å². The largest absolute Gasteiger partial charge is 0.307 e. The number of pyridine rings is 2. The molecule has 0 aliphatic carbocycles. The lowest BCUT2D eigenvalue weighted by Crippen LogP contribution is -2.14. The van der Waals surface area contributed by atoms with Crippen LogP contribution in [0.5, 0.6) is 0 Å². The average Bonchev–Trinajstić information content (AvgIpc) is 2.38. The molecule has 0 unspecified atom stereocenters. The Kier molecular flexibility index (Phi) is 4.12. The fourth-order valence-electron chi connectivity index (χ4n) is 1.66. The van der Waals surface area contributed by atoms with E-state index in [0.29, 0.717) is 16.5 Å². The van der Waals surface area contributed by atoms with Crippen molar-refractivity contribution in [2.24, 2.45) is 0 Å². The molecule has 5 heteroatoms. The molecule has 0 radical (unpaired) electrons. The number of hydrogen-bond acceptors (Lipinski definition) is 3. The lowest BCUT2D eigenvalue weighted by molar-refractivity contribution is 0.102. The van der Waals surface area contributed by atoms with Gasteiger partial charge in [-0.1, -0.05) is 24.6 Å². The Hall–Kier alpha value is -1.94. The molecule has 0 aliphatic rings. The predicted molar refractivity (Wildman–Crippen MR) is 75.6 cm³/mol. The van der Waals surface area contributed by atoms with Crippen LogP contribution in [0, 0.1) is 6.92 Å². The molecule has 4 nitrogen and oxygen atoms in total. The minimum atomic E-state index is -0.239. The third kappa shape index (κ3) is 3.51. The van der Waals surface area contributed by atoms with Crippen molar-refractivity contribution >= 4 is 23.3 Å². The first kappa shape index (κ1) is 13.5. The van der Waals surface area contributed by atoms with Crippen molar-refractivity contribution in [3.8, 4) is 0 Å². The summed E-state index contributed by atoms with van der Waals surface area (Å²) >= 11 is 5.89. The summed E-state index contributed by atoms with van der Waals surface area (Å²) < 4.78 is 0. The van der Waals surface area contributed by atoms with Crippen molar-refractivity contribution in [3.63, 3.8) is 0 Å². The van der Waals surface area contributed by atoms with Crippen molar-refractivity contribution < 1.29 is 4.79 Å². The Balaban J connectivity index is 2.22. The number of hydrogen-bond donors (Lipinski definition) is 1. The van der Waals surface area contributed by atoms with Crippen LogP contribution in [-0.4, -0.2) is 15.9 Å². The summed E-state index contributed by atoms with van der Waals surface area (Å²) in [5.41, 5.74) is 2.12. The van der Waals surface area contributed by atoms with Crippen LogP contribution < -0.4 is 5.32 Å². The smallest absolute Gasteiger partial charge is 0.256 e. The highest BCUT2D eigenvalue weighted by Crippen LogP contribution is 2.13. The van der Waals surface area contributed by atoms with Crippen molar-refractivity contribution in [2.75, 3.05) is 5.32 Å². The van der Waals surface area contributed by atoms with Crippen LogP contribution in [0.2, 0.25) is 5.15 Å². The third-order valence-corrected chi connectivity index (χ3v) is 2.80. The number of carbonyl (C=O) groups is 1. The van der Waals surface area contributed by atoms with Gasteiger partial charge in [0.1, 0.15) is 11.0 Å². The maximum atomic E-state index is 12.1. The van der Waals surface area contributed by atoms with Crippen molar-refractivity contribution in [3.05, 3.63) is 52.4 Å². The molecule has 0 fully saturated rings. The SMILES string of the molecule is CCc1cc(C(=O)Nc2cccc(C)n2)cc(Cl)n1. The van der Waals surface area contributed by atoms with Crippen molar-refractivity contribution in [1.82, 2.24) is 9.97 Å². The Morgan fingerprint density at radius 1 is 1.32 bits per heavy atom. The summed E-state index contributed by atoms with van der Waals surface area (Å²) in [6.45, 7) is 3.83. The molecule has 0 aromatic carbocycles. The lowest BCUT2D eigenvalue weighted by atomic mass is 10.2. The molecule has 98 valence electrons. The number of aryl methyl sites for hydroxylation is 2. The minimum Gasteiger partial charge on any atom is -0.307 e. The summed E-state index contributed by atoms with van der Waals surface area (Å²) in [5.74, 6) is 0.285. The molecule has 0 spiro atoms. The quantitative estimate of drug-likeness (QED) is 0.875. The van der Waals surface area contributed by atoms with E-state index in [0.717, 1.165) is 17.8 Å². The van der Waals surface area contributed by atoms with E-state index >= 15 is 0 Å². The highest BCUT2D eigenvalue weighted by Gasteiger charge is 2.09. The van der Waals surface area contributed by atoms with E-state index in [1.807, 2.05) is 26.0 Å². The van der Waals surface area contributed by atoms with Gasteiger partial charge in [0.25, 0.3) is 5.91 Å². The van der Waals surface area contributed by atoms with Crippen LogP contribution in [-0.2, 0) is 6.42 Å². The van der Waals surface area contributed by atoms with E-state index in [4.69, 9.17) is 11.6 Å². The molecular weight excluding hydrogens is 262 g/mol. The van der Waals surface area contributed by atoms with E-state index in [1.165, 1.54) is 0 Å². The van der Waals surface area contributed by atoms with E-state index in [-0.39, 0.29) is 5.91 Å². The van der Waals surface area contributed by atoms with Gasteiger partial charge < -0.3 is 5.32 Å². The van der Waals surface area contributed by atoms with Gasteiger partial charge >= 0.3 is 0 Å². The maximum Gasteiger partial charge on any atom is 0.256 e. The molecule has 0 saturated carbocycles. The Morgan fingerprint density at radius 2 is 2.11 bits per heavy atom. The molecule has 0 saturated heterocycles. The van der Waals surface area contributed by atoms with Crippen LogP contribution in [0.1, 0.15) is 28.7 Å². The molecular formula is C14H14ClN3O. The number of rotatable bonds is 3. The topological polar surface area (TPSA) is 54.9 Å². The van der Waals surface area contributed by atoms with E-state index in [2.05, 4.69) is 15.3 Å². The van der Waals surface area contributed by atoms with Gasteiger partial charge in [-0.2, -0.15) is 0 Å². The molecule has 0 atom stereocenters. The van der Waals surface area contributed by atoms with Gasteiger partial charge in [-0.05, 0) is 37.6 Å². The second-order valence-corrected chi connectivity index (χ2v) is 4.53. The second-order valence-electron chi connectivity index (χ2n) is 4.14. The van der Waals surface area contributed by atoms with Crippen LogP contribution in [0.4, 0.5) is 5.82 Å². The Labute approximate surface area is 116 Å². The molecule has 2 heterocycles. The number of amides is 1. The van der Waals surface area contributed by atoms with Crippen LogP contribution in [0.25, 0.3) is 0 Å². The van der Waals surface area contributed by atoms with Crippen LogP contribution >= 0.6 is 11.6 Å². The molecule has 2 aromatic rings. The first-order chi connectivity index (χ1) is 9.08.